The van der Waals surface area contributed by atoms with E-state index in [1.54, 1.807) is 11.1 Å². The smallest absolute Gasteiger partial charge is 0.0107 e. The van der Waals surface area contributed by atoms with E-state index < -0.39 is 0 Å². The van der Waals surface area contributed by atoms with Crippen LogP contribution >= 0.6 is 0 Å². The Bertz CT molecular complexity index is 398. The van der Waals surface area contributed by atoms with Crippen LogP contribution in [-0.2, 0) is 6.42 Å². The predicted molar refractivity (Wildman–Crippen MR) is 60.9 cm³/mol. The van der Waals surface area contributed by atoms with Crippen molar-refractivity contribution < 1.29 is 0 Å². The topological polar surface area (TPSA) is 12.0 Å². The molecule has 3 aliphatic rings. The maximum atomic E-state index is 3.80. The first-order chi connectivity index (χ1) is 7.42. The Hall–Kier alpha value is -0.820. The molecule has 1 aromatic rings. The van der Waals surface area contributed by atoms with Crippen molar-refractivity contribution in [3.05, 3.63) is 35.4 Å². The molecule has 15 heavy (non-hydrogen) atoms. The second-order valence-corrected chi connectivity index (χ2v) is 5.46. The van der Waals surface area contributed by atoms with E-state index in [0.717, 1.165) is 23.9 Å². The summed E-state index contributed by atoms with van der Waals surface area (Å²) in [5.41, 5.74) is 3.29. The number of hydrogen-bond acceptors (Lipinski definition) is 1. The van der Waals surface area contributed by atoms with Crippen molar-refractivity contribution >= 4 is 0 Å². The highest BCUT2D eigenvalue weighted by molar-refractivity contribution is 5.38. The van der Waals surface area contributed by atoms with E-state index >= 15 is 0 Å². The summed E-state index contributed by atoms with van der Waals surface area (Å²) >= 11 is 0. The third-order valence-corrected chi connectivity index (χ3v) is 4.76. The molecule has 4 atom stereocenters. The van der Waals surface area contributed by atoms with E-state index in [1.165, 1.54) is 25.7 Å². The highest BCUT2D eigenvalue weighted by Crippen LogP contribution is 2.48. The highest BCUT2D eigenvalue weighted by Gasteiger charge is 2.45. The van der Waals surface area contributed by atoms with Crippen LogP contribution in [0.1, 0.15) is 36.3 Å². The fraction of sp³-hybridized carbons (Fsp3) is 0.571. The van der Waals surface area contributed by atoms with Gasteiger partial charge in [-0.1, -0.05) is 24.3 Å². The maximum absolute atomic E-state index is 3.80. The van der Waals surface area contributed by atoms with Gasteiger partial charge in [-0.15, -0.1) is 0 Å². The second-order valence-electron chi connectivity index (χ2n) is 5.46. The SMILES string of the molecule is c1ccc2c(c1)CC1C3CCC(CC21)N3. The Morgan fingerprint density at radius 3 is 3.07 bits per heavy atom. The van der Waals surface area contributed by atoms with Crippen LogP contribution in [0, 0.1) is 5.92 Å². The van der Waals surface area contributed by atoms with Crippen molar-refractivity contribution in [1.82, 2.24) is 5.32 Å². The fourth-order valence-corrected chi connectivity index (χ4v) is 4.11. The van der Waals surface area contributed by atoms with Crippen LogP contribution in [0.2, 0.25) is 0 Å². The zero-order chi connectivity index (χ0) is 9.83. The molecule has 0 spiro atoms. The summed E-state index contributed by atoms with van der Waals surface area (Å²) in [7, 11) is 0. The van der Waals surface area contributed by atoms with Crippen molar-refractivity contribution in [1.29, 1.82) is 0 Å². The number of fused-ring (bicyclic) bond motifs is 6. The average molecular weight is 199 g/mol. The number of nitrogens with one attached hydrogen (secondary N) is 1. The summed E-state index contributed by atoms with van der Waals surface area (Å²) in [6.07, 6.45) is 5.54. The molecule has 2 fully saturated rings. The molecule has 4 rings (SSSR count). The van der Waals surface area contributed by atoms with Crippen molar-refractivity contribution in [2.75, 3.05) is 0 Å². The molecule has 1 heteroatoms. The van der Waals surface area contributed by atoms with Crippen LogP contribution in [0.5, 0.6) is 0 Å². The Balaban J connectivity index is 1.78. The first-order valence-corrected chi connectivity index (χ1v) is 6.25. The van der Waals surface area contributed by atoms with Gasteiger partial charge in [0.1, 0.15) is 0 Å². The predicted octanol–water partition coefficient (Wildman–Crippen LogP) is 2.47. The van der Waals surface area contributed by atoms with Gasteiger partial charge in [0.2, 0.25) is 0 Å². The molecule has 2 heterocycles. The van der Waals surface area contributed by atoms with Crippen LogP contribution in [0.4, 0.5) is 0 Å². The average Bonchev–Trinajstić information content (AvgIpc) is 2.83. The van der Waals surface area contributed by atoms with Gasteiger partial charge in [-0.25, -0.2) is 0 Å². The normalized spacial score (nSPS) is 41.3. The minimum atomic E-state index is 0.821. The quantitative estimate of drug-likeness (QED) is 0.677. The monoisotopic (exact) mass is 199 g/mol. The minimum Gasteiger partial charge on any atom is -0.311 e. The van der Waals surface area contributed by atoms with E-state index in [4.69, 9.17) is 0 Å². The Kier molecular flexibility index (Phi) is 1.59. The van der Waals surface area contributed by atoms with Gasteiger partial charge >= 0.3 is 0 Å². The van der Waals surface area contributed by atoms with Gasteiger partial charge in [-0.05, 0) is 48.6 Å². The molecule has 4 unspecified atom stereocenters. The Labute approximate surface area is 90.9 Å². The van der Waals surface area contributed by atoms with Crippen LogP contribution in [-0.4, -0.2) is 12.1 Å². The number of benzene rings is 1. The largest absolute Gasteiger partial charge is 0.311 e. The van der Waals surface area contributed by atoms with Gasteiger partial charge in [-0.3, -0.25) is 0 Å². The van der Waals surface area contributed by atoms with E-state index in [9.17, 15) is 0 Å². The van der Waals surface area contributed by atoms with Crippen LogP contribution in [0.15, 0.2) is 24.3 Å². The zero-order valence-electron chi connectivity index (χ0n) is 8.95. The summed E-state index contributed by atoms with van der Waals surface area (Å²) in [4.78, 5) is 0. The molecule has 2 saturated heterocycles. The van der Waals surface area contributed by atoms with Crippen molar-refractivity contribution in [2.45, 2.75) is 43.7 Å². The van der Waals surface area contributed by atoms with Gasteiger partial charge in [0.25, 0.3) is 0 Å². The molecule has 2 bridgehead atoms. The van der Waals surface area contributed by atoms with Gasteiger partial charge < -0.3 is 5.32 Å². The lowest BCUT2D eigenvalue weighted by molar-refractivity contribution is 0.268. The summed E-state index contributed by atoms with van der Waals surface area (Å²) in [6, 6.07) is 10.8. The third-order valence-electron chi connectivity index (χ3n) is 4.76. The molecule has 0 amide bonds. The molecule has 0 aromatic heterocycles. The molecule has 2 aliphatic heterocycles. The van der Waals surface area contributed by atoms with Gasteiger partial charge in [0, 0.05) is 12.1 Å². The molecule has 78 valence electrons. The Morgan fingerprint density at radius 2 is 2.07 bits per heavy atom. The van der Waals surface area contributed by atoms with Crippen LogP contribution in [0.25, 0.3) is 0 Å². The van der Waals surface area contributed by atoms with Gasteiger partial charge in [0.05, 0.1) is 0 Å². The van der Waals surface area contributed by atoms with Crippen molar-refractivity contribution in [3.8, 4) is 0 Å². The first kappa shape index (κ1) is 8.35. The maximum Gasteiger partial charge on any atom is 0.0107 e. The van der Waals surface area contributed by atoms with Crippen LogP contribution in [0.3, 0.4) is 0 Å². The minimum absolute atomic E-state index is 0.821. The lowest BCUT2D eigenvalue weighted by atomic mass is 9.82. The second kappa shape index (κ2) is 2.85. The molecule has 0 saturated carbocycles. The molecule has 0 radical (unpaired) electrons. The lowest BCUT2D eigenvalue weighted by Crippen LogP contribution is -2.43. The first-order valence-electron chi connectivity index (χ1n) is 6.25. The van der Waals surface area contributed by atoms with Crippen LogP contribution < -0.4 is 5.32 Å². The summed E-state index contributed by atoms with van der Waals surface area (Å²) in [5, 5.41) is 3.80. The number of piperidine rings is 1. The third kappa shape index (κ3) is 1.07. The van der Waals surface area contributed by atoms with E-state index in [-0.39, 0.29) is 0 Å². The molecule has 1 aliphatic carbocycles. The molecular weight excluding hydrogens is 182 g/mol. The van der Waals surface area contributed by atoms with Gasteiger partial charge in [0.15, 0.2) is 0 Å². The molecule has 1 N–H and O–H groups in total. The lowest BCUT2D eigenvalue weighted by Gasteiger charge is -2.33. The number of hydrogen-bond donors (Lipinski definition) is 1. The van der Waals surface area contributed by atoms with E-state index in [1.807, 2.05) is 0 Å². The summed E-state index contributed by atoms with van der Waals surface area (Å²) in [5.74, 6) is 1.78. The molecular formula is C14H17N. The van der Waals surface area contributed by atoms with Gasteiger partial charge in [-0.2, -0.15) is 0 Å². The Morgan fingerprint density at radius 1 is 1.13 bits per heavy atom. The summed E-state index contributed by atoms with van der Waals surface area (Å²) < 4.78 is 0. The zero-order valence-corrected chi connectivity index (χ0v) is 8.95. The van der Waals surface area contributed by atoms with Crippen molar-refractivity contribution in [2.24, 2.45) is 5.92 Å². The highest BCUT2D eigenvalue weighted by atomic mass is 15.0. The number of rotatable bonds is 0. The fourth-order valence-electron chi connectivity index (χ4n) is 4.11. The van der Waals surface area contributed by atoms with E-state index in [0.29, 0.717) is 0 Å². The summed E-state index contributed by atoms with van der Waals surface area (Å²) in [6.45, 7) is 0. The molecule has 1 nitrogen and oxygen atoms in total. The molecule has 1 aromatic carbocycles. The van der Waals surface area contributed by atoms with E-state index in [2.05, 4.69) is 29.6 Å². The standard InChI is InChI=1S/C14H17N/c1-2-4-11-9(3-1)7-13-12(11)8-10-5-6-14(13)15-10/h1-4,10,12-15H,5-8H2. The van der Waals surface area contributed by atoms with Crippen molar-refractivity contribution in [3.63, 3.8) is 0 Å².